The van der Waals surface area contributed by atoms with Crippen LogP contribution in [0.5, 0.6) is 23.0 Å². The molecule has 7 nitrogen and oxygen atoms in total. The SMILES string of the molecule is COc1cc2c(cc1O)[C@@H]([C@@H]1OC(=O)c3c1ccc1c3OCO1)N(C)CC2. The van der Waals surface area contributed by atoms with Crippen molar-refractivity contribution >= 4 is 5.97 Å². The van der Waals surface area contributed by atoms with Gasteiger partial charge in [-0.15, -0.1) is 0 Å². The maximum absolute atomic E-state index is 12.6. The normalized spacial score (nSPS) is 23.0. The molecular formula is C20H19NO6. The van der Waals surface area contributed by atoms with Crippen molar-refractivity contribution in [1.29, 1.82) is 0 Å². The van der Waals surface area contributed by atoms with Gasteiger partial charge in [0, 0.05) is 12.1 Å². The minimum atomic E-state index is -0.487. The molecule has 0 spiro atoms. The first kappa shape index (κ1) is 16.3. The molecule has 0 aromatic heterocycles. The molecule has 2 atom stereocenters. The van der Waals surface area contributed by atoms with E-state index in [2.05, 4.69) is 4.90 Å². The number of benzene rings is 2. The maximum atomic E-state index is 12.6. The molecule has 0 radical (unpaired) electrons. The third-order valence-electron chi connectivity index (χ3n) is 5.57. The summed E-state index contributed by atoms with van der Waals surface area (Å²) in [5, 5.41) is 10.3. The van der Waals surface area contributed by atoms with Crippen molar-refractivity contribution < 1.29 is 28.8 Å². The van der Waals surface area contributed by atoms with E-state index in [1.165, 1.54) is 7.11 Å². The van der Waals surface area contributed by atoms with E-state index in [0.29, 0.717) is 22.8 Å². The summed E-state index contributed by atoms with van der Waals surface area (Å²) in [6.45, 7) is 0.906. The lowest BCUT2D eigenvalue weighted by Crippen LogP contribution is -2.36. The number of fused-ring (bicyclic) bond motifs is 4. The van der Waals surface area contributed by atoms with Crippen LogP contribution in [0.25, 0.3) is 0 Å². The van der Waals surface area contributed by atoms with Crippen molar-refractivity contribution in [2.24, 2.45) is 0 Å². The van der Waals surface area contributed by atoms with Crippen LogP contribution in [0.2, 0.25) is 0 Å². The number of rotatable bonds is 2. The minimum absolute atomic E-state index is 0.0757. The van der Waals surface area contributed by atoms with Crippen molar-refractivity contribution in [2.75, 3.05) is 27.5 Å². The Morgan fingerprint density at radius 1 is 1.22 bits per heavy atom. The predicted molar refractivity (Wildman–Crippen MR) is 94.5 cm³/mol. The number of ether oxygens (including phenoxy) is 4. The Labute approximate surface area is 156 Å². The Balaban J connectivity index is 1.63. The van der Waals surface area contributed by atoms with Gasteiger partial charge in [-0.05, 0) is 42.8 Å². The van der Waals surface area contributed by atoms with E-state index in [4.69, 9.17) is 18.9 Å². The fourth-order valence-corrected chi connectivity index (χ4v) is 4.26. The number of likely N-dealkylation sites (N-methyl/N-ethyl adjacent to an activating group) is 1. The second-order valence-corrected chi connectivity index (χ2v) is 6.99. The molecule has 1 N–H and O–H groups in total. The molecule has 3 aliphatic rings. The highest BCUT2D eigenvalue weighted by Crippen LogP contribution is 2.51. The number of esters is 1. The summed E-state index contributed by atoms with van der Waals surface area (Å²) in [7, 11) is 3.53. The Kier molecular flexibility index (Phi) is 3.48. The van der Waals surface area contributed by atoms with Gasteiger partial charge in [0.2, 0.25) is 6.79 Å². The van der Waals surface area contributed by atoms with Gasteiger partial charge in [0.1, 0.15) is 11.7 Å². The van der Waals surface area contributed by atoms with E-state index >= 15 is 0 Å². The number of aromatic hydroxyl groups is 1. The highest BCUT2D eigenvalue weighted by molar-refractivity contribution is 5.98. The number of hydrogen-bond acceptors (Lipinski definition) is 7. The van der Waals surface area contributed by atoms with Crippen LogP contribution in [-0.2, 0) is 11.2 Å². The van der Waals surface area contributed by atoms with Crippen molar-refractivity contribution in [3.05, 3.63) is 46.5 Å². The Bertz CT molecular complexity index is 956. The first-order valence-electron chi connectivity index (χ1n) is 8.82. The summed E-state index contributed by atoms with van der Waals surface area (Å²) in [5.41, 5.74) is 3.24. The maximum Gasteiger partial charge on any atom is 0.343 e. The van der Waals surface area contributed by atoms with E-state index in [1.807, 2.05) is 25.2 Å². The monoisotopic (exact) mass is 369 g/mol. The van der Waals surface area contributed by atoms with E-state index in [1.54, 1.807) is 6.07 Å². The molecule has 0 unspecified atom stereocenters. The molecule has 140 valence electrons. The molecule has 27 heavy (non-hydrogen) atoms. The molecule has 0 amide bonds. The standard InChI is InChI=1S/C20H19NO6/c1-21-6-5-10-7-15(24-2)13(22)8-12(10)17(21)18-11-3-4-14-19(26-9-25-14)16(11)20(23)27-18/h3-4,7-8,17-18,22H,5-6,9H2,1-2H3/t17-,18+/m0/s1. The fourth-order valence-electron chi connectivity index (χ4n) is 4.26. The molecule has 3 aliphatic heterocycles. The van der Waals surface area contributed by atoms with Gasteiger partial charge in [0.15, 0.2) is 23.0 Å². The molecule has 7 heteroatoms. The predicted octanol–water partition coefficient (Wildman–Crippen LogP) is 2.57. The highest BCUT2D eigenvalue weighted by atomic mass is 16.7. The molecule has 0 aliphatic carbocycles. The summed E-state index contributed by atoms with van der Waals surface area (Å²) in [5.74, 6) is 1.13. The van der Waals surface area contributed by atoms with Gasteiger partial charge in [-0.3, -0.25) is 4.90 Å². The number of cyclic esters (lactones) is 1. The number of phenols is 1. The van der Waals surface area contributed by atoms with Crippen LogP contribution in [0.15, 0.2) is 24.3 Å². The molecule has 2 aromatic carbocycles. The van der Waals surface area contributed by atoms with Gasteiger partial charge in [0.05, 0.1) is 13.2 Å². The van der Waals surface area contributed by atoms with E-state index in [9.17, 15) is 9.90 Å². The number of nitrogens with zero attached hydrogens (tertiary/aromatic N) is 1. The molecule has 0 saturated heterocycles. The minimum Gasteiger partial charge on any atom is -0.504 e. The largest absolute Gasteiger partial charge is 0.504 e. The lowest BCUT2D eigenvalue weighted by Gasteiger charge is -2.37. The number of carbonyl (C=O) groups is 1. The summed E-state index contributed by atoms with van der Waals surface area (Å²) in [6.07, 6.45) is 0.340. The zero-order valence-corrected chi connectivity index (χ0v) is 15.0. The third-order valence-corrected chi connectivity index (χ3v) is 5.57. The molecule has 3 heterocycles. The van der Waals surface area contributed by atoms with Crippen molar-refractivity contribution in [1.82, 2.24) is 4.90 Å². The summed E-state index contributed by atoms with van der Waals surface area (Å²) >= 11 is 0. The van der Waals surface area contributed by atoms with Crippen molar-refractivity contribution in [3.8, 4) is 23.0 Å². The number of carbonyl (C=O) groups excluding carboxylic acids is 1. The van der Waals surface area contributed by atoms with Gasteiger partial charge in [0.25, 0.3) is 0 Å². The average molecular weight is 369 g/mol. The lowest BCUT2D eigenvalue weighted by molar-refractivity contribution is 0.00929. The molecular weight excluding hydrogens is 350 g/mol. The van der Waals surface area contributed by atoms with Crippen LogP contribution < -0.4 is 14.2 Å². The zero-order chi connectivity index (χ0) is 18.7. The smallest absolute Gasteiger partial charge is 0.343 e. The van der Waals surface area contributed by atoms with Gasteiger partial charge in [-0.1, -0.05) is 6.07 Å². The number of methoxy groups -OCH3 is 1. The van der Waals surface area contributed by atoms with Gasteiger partial charge in [-0.2, -0.15) is 0 Å². The van der Waals surface area contributed by atoms with Gasteiger partial charge < -0.3 is 24.1 Å². The fraction of sp³-hybridized carbons (Fsp3) is 0.350. The quantitative estimate of drug-likeness (QED) is 0.815. The average Bonchev–Trinajstić information content (AvgIpc) is 3.25. The number of hydrogen-bond donors (Lipinski definition) is 1. The Morgan fingerprint density at radius 2 is 2.07 bits per heavy atom. The molecule has 0 bridgehead atoms. The molecule has 2 aromatic rings. The second kappa shape index (κ2) is 5.79. The van der Waals surface area contributed by atoms with Crippen LogP contribution in [-0.4, -0.2) is 43.5 Å². The molecule has 5 rings (SSSR count). The van der Waals surface area contributed by atoms with Crippen molar-refractivity contribution in [2.45, 2.75) is 18.6 Å². The molecule has 0 fully saturated rings. The zero-order valence-electron chi connectivity index (χ0n) is 15.0. The number of phenolic OH excluding ortho intramolecular Hbond substituents is 1. The van der Waals surface area contributed by atoms with Gasteiger partial charge in [-0.25, -0.2) is 4.79 Å². The molecule has 0 saturated carbocycles. The summed E-state index contributed by atoms with van der Waals surface area (Å²) in [4.78, 5) is 14.8. The van der Waals surface area contributed by atoms with Crippen LogP contribution in [0.4, 0.5) is 0 Å². The first-order chi connectivity index (χ1) is 13.1. The summed E-state index contributed by atoms with van der Waals surface area (Å²) in [6, 6.07) is 7.04. The summed E-state index contributed by atoms with van der Waals surface area (Å²) < 4.78 is 21.9. The Hall–Kier alpha value is -2.93. The van der Waals surface area contributed by atoms with Crippen LogP contribution in [0.3, 0.4) is 0 Å². The van der Waals surface area contributed by atoms with Crippen molar-refractivity contribution in [3.63, 3.8) is 0 Å². The highest BCUT2D eigenvalue weighted by Gasteiger charge is 2.44. The first-order valence-corrected chi connectivity index (χ1v) is 8.82. The van der Waals surface area contributed by atoms with E-state index < -0.39 is 12.1 Å². The van der Waals surface area contributed by atoms with Gasteiger partial charge >= 0.3 is 5.97 Å². The lowest BCUT2D eigenvalue weighted by atomic mass is 9.86. The third kappa shape index (κ3) is 2.28. The topological polar surface area (TPSA) is 77.5 Å². The van der Waals surface area contributed by atoms with Crippen LogP contribution >= 0.6 is 0 Å². The van der Waals surface area contributed by atoms with Crippen LogP contribution in [0, 0.1) is 0 Å². The second-order valence-electron chi connectivity index (χ2n) is 6.99. The van der Waals surface area contributed by atoms with Crippen LogP contribution in [0.1, 0.15) is 39.2 Å². The Morgan fingerprint density at radius 3 is 2.89 bits per heavy atom. The van der Waals surface area contributed by atoms with E-state index in [0.717, 1.165) is 29.7 Å². The van der Waals surface area contributed by atoms with E-state index in [-0.39, 0.29) is 18.6 Å².